The number of rotatable bonds is 4. The van der Waals surface area contributed by atoms with Gasteiger partial charge in [0.15, 0.2) is 0 Å². The van der Waals surface area contributed by atoms with E-state index in [1.54, 1.807) is 0 Å². The van der Waals surface area contributed by atoms with Crippen molar-refractivity contribution < 1.29 is 18.0 Å². The number of alkyl halides is 3. The molecule has 1 N–H and O–H groups in total. The second kappa shape index (κ2) is 7.59. The fourth-order valence-electron chi connectivity index (χ4n) is 2.92. The summed E-state index contributed by atoms with van der Waals surface area (Å²) in [7, 11) is 0. The first-order valence-electron chi connectivity index (χ1n) is 8.25. The van der Waals surface area contributed by atoms with E-state index in [0.717, 1.165) is 37.2 Å². The molecule has 0 fully saturated rings. The van der Waals surface area contributed by atoms with Gasteiger partial charge in [-0.1, -0.05) is 30.3 Å². The van der Waals surface area contributed by atoms with Gasteiger partial charge in [0, 0.05) is 12.2 Å². The van der Waals surface area contributed by atoms with E-state index >= 15 is 0 Å². The van der Waals surface area contributed by atoms with Gasteiger partial charge in [-0.15, -0.1) is 0 Å². The minimum absolute atomic E-state index is 0.182. The zero-order valence-electron chi connectivity index (χ0n) is 14.0. The molecular weight excluding hydrogens is 343 g/mol. The maximum absolute atomic E-state index is 12.5. The summed E-state index contributed by atoms with van der Waals surface area (Å²) in [4.78, 5) is 14.1. The van der Waals surface area contributed by atoms with Gasteiger partial charge in [-0.25, -0.2) is 5.43 Å². The number of hydrogen-bond acceptors (Lipinski definition) is 3. The number of hydrogen-bond donors (Lipinski definition) is 1. The summed E-state index contributed by atoms with van der Waals surface area (Å²) < 4.78 is 37.5. The molecule has 0 unspecified atom stereocenters. The predicted molar refractivity (Wildman–Crippen MR) is 94.2 cm³/mol. The van der Waals surface area contributed by atoms with Crippen molar-refractivity contribution in [3.63, 3.8) is 0 Å². The molecule has 1 amide bonds. The Kier molecular flexibility index (Phi) is 5.25. The monoisotopic (exact) mass is 361 g/mol. The summed E-state index contributed by atoms with van der Waals surface area (Å²) >= 11 is 0. The molecule has 0 saturated heterocycles. The number of amides is 1. The van der Waals surface area contributed by atoms with Crippen LogP contribution in [0.2, 0.25) is 0 Å². The molecule has 4 nitrogen and oxygen atoms in total. The van der Waals surface area contributed by atoms with Crippen LogP contribution in [-0.4, -0.2) is 25.2 Å². The number of anilines is 1. The van der Waals surface area contributed by atoms with Crippen molar-refractivity contribution in [2.75, 3.05) is 18.0 Å². The van der Waals surface area contributed by atoms with Crippen molar-refractivity contribution in [3.8, 4) is 0 Å². The topological polar surface area (TPSA) is 44.7 Å². The summed E-state index contributed by atoms with van der Waals surface area (Å²) in [5, 5.41) is 3.82. The van der Waals surface area contributed by atoms with E-state index in [-0.39, 0.29) is 12.5 Å². The van der Waals surface area contributed by atoms with E-state index in [1.165, 1.54) is 23.9 Å². The first-order valence-corrected chi connectivity index (χ1v) is 8.25. The van der Waals surface area contributed by atoms with E-state index in [2.05, 4.69) is 16.6 Å². The first-order chi connectivity index (χ1) is 12.4. The summed E-state index contributed by atoms with van der Waals surface area (Å²) in [6.45, 7) is 0.981. The van der Waals surface area contributed by atoms with Crippen molar-refractivity contribution in [1.82, 2.24) is 5.43 Å². The van der Waals surface area contributed by atoms with Crippen molar-refractivity contribution in [1.29, 1.82) is 0 Å². The number of carbonyl (C=O) groups excluding carboxylic acids is 1. The molecule has 2 aromatic carbocycles. The molecule has 26 heavy (non-hydrogen) atoms. The number of benzene rings is 2. The third-order valence-electron chi connectivity index (χ3n) is 4.18. The molecule has 0 atom stereocenters. The number of carbonyl (C=O) groups is 1. The lowest BCUT2D eigenvalue weighted by atomic mass is 10.0. The van der Waals surface area contributed by atoms with Crippen LogP contribution in [0.5, 0.6) is 0 Å². The standard InChI is InChI=1S/C19H18F3N3O/c20-19(21,22)16-9-7-14(8-10-16)12-23-24-18(26)13-25-11-3-5-15-4-1-2-6-17(15)25/h1-2,4,6-10,12H,3,5,11,13H2,(H,24,26)/b23-12-. The number of nitrogens with zero attached hydrogens (tertiary/aromatic N) is 2. The van der Waals surface area contributed by atoms with E-state index in [1.807, 2.05) is 23.1 Å². The van der Waals surface area contributed by atoms with Gasteiger partial charge < -0.3 is 4.90 Å². The number of fused-ring (bicyclic) bond motifs is 1. The zero-order valence-corrected chi connectivity index (χ0v) is 14.0. The number of para-hydroxylation sites is 1. The molecule has 0 radical (unpaired) electrons. The molecule has 0 aromatic heterocycles. The lowest BCUT2D eigenvalue weighted by molar-refractivity contribution is -0.137. The van der Waals surface area contributed by atoms with Gasteiger partial charge in [-0.05, 0) is 42.2 Å². The van der Waals surface area contributed by atoms with Gasteiger partial charge >= 0.3 is 6.18 Å². The van der Waals surface area contributed by atoms with Crippen LogP contribution in [0.15, 0.2) is 53.6 Å². The average Bonchev–Trinajstić information content (AvgIpc) is 2.62. The number of aryl methyl sites for hydroxylation is 1. The summed E-state index contributed by atoms with van der Waals surface area (Å²) in [6.07, 6.45) is -1.06. The predicted octanol–water partition coefficient (Wildman–Crippen LogP) is 3.61. The smallest absolute Gasteiger partial charge is 0.362 e. The van der Waals surface area contributed by atoms with Gasteiger partial charge in [-0.2, -0.15) is 18.3 Å². The summed E-state index contributed by atoms with van der Waals surface area (Å²) in [6, 6.07) is 12.5. The Labute approximate surface area is 149 Å². The van der Waals surface area contributed by atoms with Crippen molar-refractivity contribution >= 4 is 17.8 Å². The van der Waals surface area contributed by atoms with Crippen LogP contribution < -0.4 is 10.3 Å². The minimum Gasteiger partial charge on any atom is -0.362 e. The molecule has 1 heterocycles. The fourth-order valence-corrected chi connectivity index (χ4v) is 2.92. The molecule has 0 aliphatic carbocycles. The maximum Gasteiger partial charge on any atom is 0.416 e. The van der Waals surface area contributed by atoms with Crippen molar-refractivity contribution in [2.24, 2.45) is 5.10 Å². The minimum atomic E-state index is -4.37. The summed E-state index contributed by atoms with van der Waals surface area (Å²) in [5.41, 5.74) is 4.45. The van der Waals surface area contributed by atoms with Gasteiger partial charge in [0.2, 0.25) is 0 Å². The molecule has 0 bridgehead atoms. The molecule has 1 aliphatic heterocycles. The largest absolute Gasteiger partial charge is 0.416 e. The second-order valence-corrected chi connectivity index (χ2v) is 6.07. The van der Waals surface area contributed by atoms with Crippen LogP contribution in [0, 0.1) is 0 Å². The lowest BCUT2D eigenvalue weighted by Gasteiger charge is -2.30. The Balaban J connectivity index is 1.55. The molecule has 3 rings (SSSR count). The molecule has 7 heteroatoms. The molecule has 1 aliphatic rings. The zero-order chi connectivity index (χ0) is 18.6. The van der Waals surface area contributed by atoms with E-state index < -0.39 is 11.7 Å². The Morgan fingerprint density at radius 1 is 1.15 bits per heavy atom. The van der Waals surface area contributed by atoms with Crippen LogP contribution in [-0.2, 0) is 17.4 Å². The third-order valence-corrected chi connectivity index (χ3v) is 4.18. The quantitative estimate of drug-likeness (QED) is 0.668. The van der Waals surface area contributed by atoms with Gasteiger partial charge in [-0.3, -0.25) is 4.79 Å². The highest BCUT2D eigenvalue weighted by Crippen LogP contribution is 2.29. The van der Waals surface area contributed by atoms with Crippen LogP contribution in [0.1, 0.15) is 23.1 Å². The Morgan fingerprint density at radius 3 is 2.62 bits per heavy atom. The molecule has 136 valence electrons. The van der Waals surface area contributed by atoms with Crippen molar-refractivity contribution in [3.05, 3.63) is 65.2 Å². The maximum atomic E-state index is 12.5. The lowest BCUT2D eigenvalue weighted by Crippen LogP contribution is -2.38. The Bertz CT molecular complexity index is 800. The fraction of sp³-hybridized carbons (Fsp3) is 0.263. The number of halogens is 3. The number of hydrazone groups is 1. The highest BCUT2D eigenvalue weighted by atomic mass is 19.4. The molecular formula is C19H18F3N3O. The SMILES string of the molecule is O=C(CN1CCCc2ccccc21)N/N=C\c1ccc(C(F)(F)F)cc1. The Hall–Kier alpha value is -2.83. The third kappa shape index (κ3) is 4.41. The van der Waals surface area contributed by atoms with Crippen LogP contribution >= 0.6 is 0 Å². The first kappa shape index (κ1) is 18.0. The molecule has 0 saturated carbocycles. The van der Waals surface area contributed by atoms with E-state index in [4.69, 9.17) is 0 Å². The van der Waals surface area contributed by atoms with Crippen LogP contribution in [0.4, 0.5) is 18.9 Å². The van der Waals surface area contributed by atoms with E-state index in [9.17, 15) is 18.0 Å². The van der Waals surface area contributed by atoms with Crippen LogP contribution in [0.3, 0.4) is 0 Å². The van der Waals surface area contributed by atoms with E-state index in [0.29, 0.717) is 5.56 Å². The molecule has 2 aromatic rings. The normalized spacial score (nSPS) is 14.3. The van der Waals surface area contributed by atoms with Crippen molar-refractivity contribution in [2.45, 2.75) is 19.0 Å². The van der Waals surface area contributed by atoms with Gasteiger partial charge in [0.05, 0.1) is 18.3 Å². The Morgan fingerprint density at radius 2 is 1.88 bits per heavy atom. The summed E-state index contributed by atoms with van der Waals surface area (Å²) in [5.74, 6) is -0.273. The second-order valence-electron chi connectivity index (χ2n) is 6.07. The van der Waals surface area contributed by atoms with Crippen LogP contribution in [0.25, 0.3) is 0 Å². The average molecular weight is 361 g/mol. The highest BCUT2D eigenvalue weighted by Gasteiger charge is 2.29. The van der Waals surface area contributed by atoms with Gasteiger partial charge in [0.25, 0.3) is 5.91 Å². The molecule has 0 spiro atoms. The highest BCUT2D eigenvalue weighted by molar-refractivity contribution is 5.85. The van der Waals surface area contributed by atoms with Gasteiger partial charge in [0.1, 0.15) is 0 Å². The number of nitrogens with one attached hydrogen (secondary N) is 1.